The number of rotatable bonds is 5. The van der Waals surface area contributed by atoms with Gasteiger partial charge in [-0.2, -0.15) is 0 Å². The number of methoxy groups -OCH3 is 1. The molecule has 25 heavy (non-hydrogen) atoms. The van der Waals surface area contributed by atoms with E-state index in [1.54, 1.807) is 25.3 Å². The molecule has 0 fully saturated rings. The van der Waals surface area contributed by atoms with Crippen molar-refractivity contribution in [3.63, 3.8) is 0 Å². The van der Waals surface area contributed by atoms with Gasteiger partial charge in [0.2, 0.25) is 0 Å². The maximum absolute atomic E-state index is 12.6. The highest BCUT2D eigenvalue weighted by atomic mass is 79.9. The molecule has 0 saturated heterocycles. The highest BCUT2D eigenvalue weighted by Gasteiger charge is 2.23. The summed E-state index contributed by atoms with van der Waals surface area (Å²) in [6.45, 7) is 4.46. The third kappa shape index (κ3) is 3.74. The zero-order valence-corrected chi connectivity index (χ0v) is 16.0. The number of fused-ring (bicyclic) bond motifs is 1. The Labute approximate surface area is 155 Å². The minimum atomic E-state index is -0.227. The van der Waals surface area contributed by atoms with Gasteiger partial charge in [0, 0.05) is 23.6 Å². The van der Waals surface area contributed by atoms with E-state index in [-0.39, 0.29) is 12.0 Å². The van der Waals surface area contributed by atoms with E-state index < -0.39 is 0 Å². The minimum Gasteiger partial charge on any atom is -0.496 e. The van der Waals surface area contributed by atoms with E-state index in [0.29, 0.717) is 29.4 Å². The molecule has 2 aromatic rings. The van der Waals surface area contributed by atoms with Crippen LogP contribution in [0.3, 0.4) is 0 Å². The number of ether oxygens (including phenoxy) is 3. The quantitative estimate of drug-likeness (QED) is 0.798. The Morgan fingerprint density at radius 1 is 1.32 bits per heavy atom. The Bertz CT molecular complexity index is 806. The molecule has 1 aliphatic heterocycles. The molecule has 5 nitrogen and oxygen atoms in total. The first-order chi connectivity index (χ1) is 12.0. The van der Waals surface area contributed by atoms with E-state index in [1.165, 1.54) is 0 Å². The van der Waals surface area contributed by atoms with E-state index in [2.05, 4.69) is 21.2 Å². The topological polar surface area (TPSA) is 56.8 Å². The van der Waals surface area contributed by atoms with Crippen molar-refractivity contribution < 1.29 is 19.0 Å². The molecule has 6 heteroatoms. The van der Waals surface area contributed by atoms with Crippen LogP contribution in [0.4, 0.5) is 5.69 Å². The molecule has 1 atom stereocenters. The lowest BCUT2D eigenvalue weighted by Crippen LogP contribution is -2.13. The molecular weight excluding hydrogens is 386 g/mol. The van der Waals surface area contributed by atoms with Crippen LogP contribution in [0.1, 0.15) is 29.8 Å². The zero-order chi connectivity index (χ0) is 18.0. The van der Waals surface area contributed by atoms with Crippen LogP contribution in [0.25, 0.3) is 0 Å². The summed E-state index contributed by atoms with van der Waals surface area (Å²) in [5.74, 6) is 1.89. The second-order valence-electron chi connectivity index (χ2n) is 5.83. The molecule has 0 saturated carbocycles. The summed E-state index contributed by atoms with van der Waals surface area (Å²) in [4.78, 5) is 12.6. The molecule has 0 bridgehead atoms. The van der Waals surface area contributed by atoms with Crippen LogP contribution in [0.2, 0.25) is 0 Å². The molecule has 0 spiro atoms. The fourth-order valence-corrected chi connectivity index (χ4v) is 3.35. The van der Waals surface area contributed by atoms with Crippen LogP contribution in [0.15, 0.2) is 34.8 Å². The fraction of sp³-hybridized carbons (Fsp3) is 0.316. The van der Waals surface area contributed by atoms with E-state index in [1.807, 2.05) is 26.0 Å². The van der Waals surface area contributed by atoms with Crippen molar-refractivity contribution in [2.45, 2.75) is 26.4 Å². The normalized spacial score (nSPS) is 15.3. The lowest BCUT2D eigenvalue weighted by molar-refractivity contribution is 0.102. The van der Waals surface area contributed by atoms with Crippen LogP contribution in [0.5, 0.6) is 17.2 Å². The first-order valence-electron chi connectivity index (χ1n) is 8.13. The van der Waals surface area contributed by atoms with Gasteiger partial charge in [-0.05, 0) is 54.0 Å². The van der Waals surface area contributed by atoms with Crippen molar-refractivity contribution in [3.05, 3.63) is 45.9 Å². The Hall–Kier alpha value is -2.21. The van der Waals surface area contributed by atoms with Gasteiger partial charge in [0.15, 0.2) is 0 Å². The van der Waals surface area contributed by atoms with Crippen LogP contribution in [-0.2, 0) is 6.42 Å². The van der Waals surface area contributed by atoms with Crippen LogP contribution >= 0.6 is 15.9 Å². The number of anilines is 1. The number of carbonyl (C=O) groups is 1. The molecule has 1 heterocycles. The largest absolute Gasteiger partial charge is 0.496 e. The number of amides is 1. The van der Waals surface area contributed by atoms with Crippen molar-refractivity contribution in [2.24, 2.45) is 0 Å². The van der Waals surface area contributed by atoms with Gasteiger partial charge < -0.3 is 19.5 Å². The van der Waals surface area contributed by atoms with Crippen molar-refractivity contribution in [3.8, 4) is 17.2 Å². The molecular formula is C19H20BrNO4. The monoisotopic (exact) mass is 405 g/mol. The maximum Gasteiger partial charge on any atom is 0.255 e. The van der Waals surface area contributed by atoms with E-state index >= 15 is 0 Å². The highest BCUT2D eigenvalue weighted by molar-refractivity contribution is 9.10. The van der Waals surface area contributed by atoms with Crippen LogP contribution in [-0.4, -0.2) is 25.7 Å². The molecule has 1 N–H and O–H groups in total. The van der Waals surface area contributed by atoms with Gasteiger partial charge in [-0.3, -0.25) is 4.79 Å². The van der Waals surface area contributed by atoms with Crippen molar-refractivity contribution in [2.75, 3.05) is 19.0 Å². The summed E-state index contributed by atoms with van der Waals surface area (Å²) < 4.78 is 17.4. The highest BCUT2D eigenvalue weighted by Crippen LogP contribution is 2.38. The number of nitrogens with one attached hydrogen (secondary N) is 1. The second kappa shape index (κ2) is 7.35. The molecule has 0 radical (unpaired) electrons. The molecule has 1 aliphatic rings. The molecule has 1 amide bonds. The van der Waals surface area contributed by atoms with Crippen molar-refractivity contribution in [1.29, 1.82) is 0 Å². The molecule has 0 aliphatic carbocycles. The molecule has 132 valence electrons. The van der Waals surface area contributed by atoms with Crippen molar-refractivity contribution >= 4 is 27.5 Å². The molecule has 3 rings (SSSR count). The third-order valence-corrected chi connectivity index (χ3v) is 4.58. The zero-order valence-electron chi connectivity index (χ0n) is 14.4. The molecule has 2 aromatic carbocycles. The average Bonchev–Trinajstić information content (AvgIpc) is 2.94. The Morgan fingerprint density at radius 2 is 2.12 bits per heavy atom. The van der Waals surface area contributed by atoms with E-state index in [9.17, 15) is 4.79 Å². The summed E-state index contributed by atoms with van der Waals surface area (Å²) in [7, 11) is 1.58. The molecule has 0 unspecified atom stereocenters. The Kier molecular flexibility index (Phi) is 5.18. The van der Waals surface area contributed by atoms with Gasteiger partial charge in [-0.25, -0.2) is 0 Å². The standard InChI is InChI=1S/C19H20BrNO4/c1-4-24-18-9-13-7-11(2)25-17(13)10-15(18)21-19(22)12-5-6-16(23-3)14(20)8-12/h5-6,8-11H,4,7H2,1-3H3,(H,21,22)/t11-/m0/s1. The predicted molar refractivity (Wildman–Crippen MR) is 100 cm³/mol. The van der Waals surface area contributed by atoms with Crippen molar-refractivity contribution in [1.82, 2.24) is 0 Å². The smallest absolute Gasteiger partial charge is 0.255 e. The lowest BCUT2D eigenvalue weighted by Gasteiger charge is -2.14. The minimum absolute atomic E-state index is 0.132. The maximum atomic E-state index is 12.6. The van der Waals surface area contributed by atoms with Crippen LogP contribution < -0.4 is 19.5 Å². The lowest BCUT2D eigenvalue weighted by atomic mass is 10.1. The van der Waals surface area contributed by atoms with Gasteiger partial charge in [-0.1, -0.05) is 0 Å². The predicted octanol–water partition coefficient (Wildman–Crippen LogP) is 4.43. The Balaban J connectivity index is 1.87. The fourth-order valence-electron chi connectivity index (χ4n) is 2.81. The van der Waals surface area contributed by atoms with E-state index in [0.717, 1.165) is 22.2 Å². The van der Waals surface area contributed by atoms with Gasteiger partial charge >= 0.3 is 0 Å². The Morgan fingerprint density at radius 3 is 2.80 bits per heavy atom. The summed E-state index contributed by atoms with van der Waals surface area (Å²) in [6.07, 6.45) is 0.975. The number of hydrogen-bond acceptors (Lipinski definition) is 4. The summed E-state index contributed by atoms with van der Waals surface area (Å²) >= 11 is 3.40. The van der Waals surface area contributed by atoms with Gasteiger partial charge in [0.05, 0.1) is 23.9 Å². The van der Waals surface area contributed by atoms with E-state index in [4.69, 9.17) is 14.2 Å². The number of halogens is 1. The third-order valence-electron chi connectivity index (χ3n) is 3.96. The number of benzene rings is 2. The average molecular weight is 406 g/mol. The van der Waals surface area contributed by atoms with Gasteiger partial charge in [0.1, 0.15) is 23.4 Å². The SMILES string of the molecule is CCOc1cc2c(cc1NC(=O)c1ccc(OC)c(Br)c1)O[C@@H](C)C2. The van der Waals surface area contributed by atoms with Gasteiger partial charge in [0.25, 0.3) is 5.91 Å². The summed E-state index contributed by atoms with van der Waals surface area (Å²) in [6, 6.07) is 8.96. The van der Waals surface area contributed by atoms with Gasteiger partial charge in [-0.15, -0.1) is 0 Å². The first-order valence-corrected chi connectivity index (χ1v) is 8.92. The summed E-state index contributed by atoms with van der Waals surface area (Å²) in [5.41, 5.74) is 2.22. The molecule has 0 aromatic heterocycles. The number of carbonyl (C=O) groups excluding carboxylic acids is 1. The first kappa shape index (κ1) is 17.6. The summed E-state index contributed by atoms with van der Waals surface area (Å²) in [5, 5.41) is 2.92. The van der Waals surface area contributed by atoms with Crippen LogP contribution in [0, 0.1) is 0 Å². The second-order valence-corrected chi connectivity index (χ2v) is 6.68. The number of hydrogen-bond donors (Lipinski definition) is 1.